The Bertz CT molecular complexity index is 604. The third-order valence-corrected chi connectivity index (χ3v) is 3.62. The molecule has 0 saturated carbocycles. The van der Waals surface area contributed by atoms with E-state index in [1.54, 1.807) is 10.7 Å². The third kappa shape index (κ3) is 2.68. The number of hydrogen-bond donors (Lipinski definition) is 1. The lowest BCUT2D eigenvalue weighted by Gasteiger charge is -2.13. The summed E-state index contributed by atoms with van der Waals surface area (Å²) in [6.45, 7) is 5.73. The second kappa shape index (κ2) is 5.13. The molecule has 1 N–H and O–H groups in total. The Morgan fingerprint density at radius 2 is 2.00 bits per heavy atom. The number of nitrogens with zero attached hydrogens (tertiary/aromatic N) is 2. The molecule has 2 rings (SSSR count). The maximum atomic E-state index is 13.3. The molecule has 1 unspecified atom stereocenters. The van der Waals surface area contributed by atoms with Crippen LogP contribution in [0.5, 0.6) is 0 Å². The Morgan fingerprint density at radius 3 is 2.58 bits per heavy atom. The first-order valence-electron chi connectivity index (χ1n) is 6.33. The number of halogens is 1. The maximum Gasteiger partial charge on any atom is 0.123 e. The highest BCUT2D eigenvalue weighted by Crippen LogP contribution is 2.25. The third-order valence-electron chi connectivity index (χ3n) is 3.62. The van der Waals surface area contributed by atoms with Gasteiger partial charge < -0.3 is 5.11 Å². The van der Waals surface area contributed by atoms with Crippen molar-refractivity contribution in [1.82, 2.24) is 9.78 Å². The van der Waals surface area contributed by atoms with Crippen LogP contribution in [0.3, 0.4) is 0 Å². The molecule has 3 nitrogen and oxygen atoms in total. The number of rotatable bonds is 3. The second-order valence-electron chi connectivity index (χ2n) is 5.00. The average Bonchev–Trinajstić information content (AvgIpc) is 2.58. The molecule has 19 heavy (non-hydrogen) atoms. The molecule has 1 atom stereocenters. The van der Waals surface area contributed by atoms with Crippen LogP contribution in [0, 0.1) is 26.6 Å². The number of benzene rings is 1. The van der Waals surface area contributed by atoms with Crippen molar-refractivity contribution in [1.29, 1.82) is 0 Å². The highest BCUT2D eigenvalue weighted by Gasteiger charge is 2.19. The number of aliphatic hydroxyl groups excluding tert-OH is 1. The molecule has 0 amide bonds. The molecule has 0 radical (unpaired) electrons. The predicted molar refractivity (Wildman–Crippen MR) is 72.5 cm³/mol. The molecular weight excluding hydrogens is 243 g/mol. The molecule has 1 aromatic carbocycles. The summed E-state index contributed by atoms with van der Waals surface area (Å²) in [7, 11) is 1.85. The van der Waals surface area contributed by atoms with Crippen molar-refractivity contribution in [3.05, 3.63) is 52.1 Å². The molecule has 0 saturated heterocycles. The molecule has 0 aliphatic heterocycles. The zero-order valence-electron chi connectivity index (χ0n) is 11.7. The molecule has 0 aliphatic carbocycles. The van der Waals surface area contributed by atoms with Gasteiger partial charge in [0.25, 0.3) is 0 Å². The van der Waals surface area contributed by atoms with E-state index in [0.29, 0.717) is 6.42 Å². The Morgan fingerprint density at radius 1 is 1.32 bits per heavy atom. The molecular formula is C15H19FN2O. The monoisotopic (exact) mass is 262 g/mol. The van der Waals surface area contributed by atoms with Gasteiger partial charge in [0.1, 0.15) is 5.82 Å². The largest absolute Gasteiger partial charge is 0.388 e. The van der Waals surface area contributed by atoms with E-state index in [2.05, 4.69) is 5.10 Å². The van der Waals surface area contributed by atoms with Gasteiger partial charge in [0.05, 0.1) is 11.8 Å². The number of aromatic nitrogens is 2. The fraction of sp³-hybridized carbons (Fsp3) is 0.400. The van der Waals surface area contributed by atoms with Crippen LogP contribution in [0.15, 0.2) is 18.2 Å². The quantitative estimate of drug-likeness (QED) is 0.923. The van der Waals surface area contributed by atoms with Crippen molar-refractivity contribution < 1.29 is 9.50 Å². The van der Waals surface area contributed by atoms with Gasteiger partial charge in [0.2, 0.25) is 0 Å². The molecule has 2 aromatic rings. The van der Waals surface area contributed by atoms with Crippen molar-refractivity contribution in [2.45, 2.75) is 33.3 Å². The summed E-state index contributed by atoms with van der Waals surface area (Å²) in [5, 5.41) is 14.7. The summed E-state index contributed by atoms with van der Waals surface area (Å²) in [5.74, 6) is -0.271. The first-order valence-corrected chi connectivity index (χ1v) is 6.33. The lowest BCUT2D eigenvalue weighted by atomic mass is 9.97. The molecule has 1 aromatic heterocycles. The molecule has 0 spiro atoms. The number of hydrogen-bond acceptors (Lipinski definition) is 2. The summed E-state index contributed by atoms with van der Waals surface area (Å²) >= 11 is 0. The standard InChI is InChI=1S/C15H19FN2O/c1-9-5-6-13(16)7-12(9)8-14(19)15-10(2)17-18(4)11(15)3/h5-7,14,19H,8H2,1-4H3. The maximum absolute atomic E-state index is 13.3. The molecule has 0 fully saturated rings. The predicted octanol–water partition coefficient (Wildman–Crippen LogP) is 2.76. The zero-order chi connectivity index (χ0) is 14.2. The average molecular weight is 262 g/mol. The number of aryl methyl sites for hydroxylation is 3. The van der Waals surface area contributed by atoms with Crippen LogP contribution in [-0.4, -0.2) is 14.9 Å². The van der Waals surface area contributed by atoms with Crippen LogP contribution in [0.4, 0.5) is 4.39 Å². The molecule has 102 valence electrons. The fourth-order valence-electron chi connectivity index (χ4n) is 2.44. The van der Waals surface area contributed by atoms with Gasteiger partial charge in [0, 0.05) is 24.7 Å². The summed E-state index contributed by atoms with van der Waals surface area (Å²) in [6.07, 6.45) is -0.258. The minimum absolute atomic E-state index is 0.271. The van der Waals surface area contributed by atoms with E-state index < -0.39 is 6.10 Å². The van der Waals surface area contributed by atoms with Crippen molar-refractivity contribution in [3.8, 4) is 0 Å². The number of aliphatic hydroxyl groups is 1. The van der Waals surface area contributed by atoms with Crippen molar-refractivity contribution in [2.24, 2.45) is 7.05 Å². The summed E-state index contributed by atoms with van der Waals surface area (Å²) in [5.41, 5.74) is 4.42. The molecule has 4 heteroatoms. The van der Waals surface area contributed by atoms with E-state index in [-0.39, 0.29) is 5.82 Å². The van der Waals surface area contributed by atoms with E-state index >= 15 is 0 Å². The van der Waals surface area contributed by atoms with Crippen LogP contribution in [0.1, 0.15) is 34.2 Å². The topological polar surface area (TPSA) is 38.1 Å². The lowest BCUT2D eigenvalue weighted by molar-refractivity contribution is 0.176. The minimum Gasteiger partial charge on any atom is -0.388 e. The lowest BCUT2D eigenvalue weighted by Crippen LogP contribution is -2.06. The normalized spacial score (nSPS) is 12.7. The van der Waals surface area contributed by atoms with Gasteiger partial charge in [-0.3, -0.25) is 4.68 Å². The van der Waals surface area contributed by atoms with E-state index in [0.717, 1.165) is 28.1 Å². The first kappa shape index (κ1) is 13.7. The van der Waals surface area contributed by atoms with Crippen LogP contribution in [-0.2, 0) is 13.5 Å². The second-order valence-corrected chi connectivity index (χ2v) is 5.00. The zero-order valence-corrected chi connectivity index (χ0v) is 11.7. The van der Waals surface area contributed by atoms with Gasteiger partial charge in [-0.05, 0) is 44.0 Å². The van der Waals surface area contributed by atoms with Crippen LogP contribution in [0.25, 0.3) is 0 Å². The van der Waals surface area contributed by atoms with Gasteiger partial charge >= 0.3 is 0 Å². The first-order chi connectivity index (χ1) is 8.90. The van der Waals surface area contributed by atoms with E-state index in [1.165, 1.54) is 12.1 Å². The molecule has 1 heterocycles. The highest BCUT2D eigenvalue weighted by atomic mass is 19.1. The van der Waals surface area contributed by atoms with Gasteiger partial charge in [-0.25, -0.2) is 4.39 Å². The highest BCUT2D eigenvalue weighted by molar-refractivity contribution is 5.32. The van der Waals surface area contributed by atoms with E-state index in [9.17, 15) is 9.50 Å². The smallest absolute Gasteiger partial charge is 0.123 e. The summed E-state index contributed by atoms with van der Waals surface area (Å²) in [6, 6.07) is 4.66. The fourth-order valence-corrected chi connectivity index (χ4v) is 2.44. The summed E-state index contributed by atoms with van der Waals surface area (Å²) in [4.78, 5) is 0. The van der Waals surface area contributed by atoms with Crippen molar-refractivity contribution in [3.63, 3.8) is 0 Å². The van der Waals surface area contributed by atoms with E-state index in [1.807, 2.05) is 27.8 Å². The Hall–Kier alpha value is -1.68. The van der Waals surface area contributed by atoms with Gasteiger partial charge in [-0.15, -0.1) is 0 Å². The van der Waals surface area contributed by atoms with Gasteiger partial charge in [-0.2, -0.15) is 5.10 Å². The van der Waals surface area contributed by atoms with Gasteiger partial charge in [0.15, 0.2) is 0 Å². The SMILES string of the molecule is Cc1ccc(F)cc1CC(O)c1c(C)nn(C)c1C. The van der Waals surface area contributed by atoms with Crippen LogP contribution < -0.4 is 0 Å². The molecule has 0 aliphatic rings. The molecule has 0 bridgehead atoms. The van der Waals surface area contributed by atoms with Crippen molar-refractivity contribution in [2.75, 3.05) is 0 Å². The summed E-state index contributed by atoms with van der Waals surface area (Å²) < 4.78 is 15.0. The Balaban J connectivity index is 2.30. The van der Waals surface area contributed by atoms with Gasteiger partial charge in [-0.1, -0.05) is 6.07 Å². The Labute approximate surface area is 112 Å². The van der Waals surface area contributed by atoms with Crippen LogP contribution in [0.2, 0.25) is 0 Å². The Kier molecular flexibility index (Phi) is 3.71. The minimum atomic E-state index is -0.658. The van der Waals surface area contributed by atoms with Crippen LogP contribution >= 0.6 is 0 Å². The van der Waals surface area contributed by atoms with Crippen molar-refractivity contribution >= 4 is 0 Å². The van der Waals surface area contributed by atoms with E-state index in [4.69, 9.17) is 0 Å².